The van der Waals surface area contributed by atoms with Crippen molar-refractivity contribution in [1.29, 1.82) is 0 Å². The molecule has 0 spiro atoms. The number of aliphatic imine (C=N–C) groups is 1. The van der Waals surface area contributed by atoms with Crippen LogP contribution < -0.4 is 11.1 Å². The monoisotopic (exact) mass is 441 g/mol. The Morgan fingerprint density at radius 1 is 1.26 bits per heavy atom. The van der Waals surface area contributed by atoms with Gasteiger partial charge in [0, 0.05) is 16.0 Å². The number of rotatable bonds is 4. The molecular weight excluding hydrogens is 417 g/mol. The van der Waals surface area contributed by atoms with Gasteiger partial charge in [-0.15, -0.1) is 35.3 Å². The zero-order chi connectivity index (χ0) is 15.6. The summed E-state index contributed by atoms with van der Waals surface area (Å²) in [5, 5.41) is 5.32. The second-order valence-electron chi connectivity index (χ2n) is 6.52. The standard InChI is InChI=1S/C18H23N3S.HI/c1-18(2,16-7-4-10-22-16)12-20-17(19)21-15-9-8-13-5-3-6-14(13)11-15;/h4,7-11H,3,5-6,12H2,1-2H3,(H3,19,20,21);1H. The first kappa shape index (κ1) is 18.3. The topological polar surface area (TPSA) is 50.4 Å². The number of halogens is 1. The van der Waals surface area contributed by atoms with Crippen LogP contribution in [0.25, 0.3) is 0 Å². The zero-order valence-electron chi connectivity index (χ0n) is 13.6. The van der Waals surface area contributed by atoms with Crippen molar-refractivity contribution in [2.75, 3.05) is 11.9 Å². The van der Waals surface area contributed by atoms with Crippen LogP contribution in [0.2, 0.25) is 0 Å². The van der Waals surface area contributed by atoms with E-state index in [4.69, 9.17) is 5.73 Å². The summed E-state index contributed by atoms with van der Waals surface area (Å²) in [6, 6.07) is 10.7. The highest BCUT2D eigenvalue weighted by molar-refractivity contribution is 14.0. The highest BCUT2D eigenvalue weighted by Crippen LogP contribution is 2.28. The van der Waals surface area contributed by atoms with E-state index in [9.17, 15) is 0 Å². The van der Waals surface area contributed by atoms with Crippen LogP contribution in [0.3, 0.4) is 0 Å². The first-order valence-electron chi connectivity index (χ1n) is 7.77. The van der Waals surface area contributed by atoms with Crippen molar-refractivity contribution in [1.82, 2.24) is 0 Å². The van der Waals surface area contributed by atoms with Crippen molar-refractivity contribution in [3.05, 3.63) is 51.7 Å². The van der Waals surface area contributed by atoms with E-state index in [1.165, 1.54) is 35.3 Å². The van der Waals surface area contributed by atoms with Gasteiger partial charge < -0.3 is 11.1 Å². The van der Waals surface area contributed by atoms with Crippen LogP contribution in [-0.2, 0) is 18.3 Å². The van der Waals surface area contributed by atoms with Crippen molar-refractivity contribution < 1.29 is 0 Å². The fourth-order valence-corrected chi connectivity index (χ4v) is 3.71. The van der Waals surface area contributed by atoms with Gasteiger partial charge in [-0.25, -0.2) is 0 Å². The highest BCUT2D eigenvalue weighted by Gasteiger charge is 2.21. The number of nitrogens with two attached hydrogens (primary N) is 1. The van der Waals surface area contributed by atoms with Crippen molar-refractivity contribution in [3.63, 3.8) is 0 Å². The third-order valence-electron chi connectivity index (χ3n) is 4.20. The van der Waals surface area contributed by atoms with Gasteiger partial charge in [-0.2, -0.15) is 0 Å². The molecular formula is C18H24IN3S. The largest absolute Gasteiger partial charge is 0.370 e. The normalized spacial score (nSPS) is 14.3. The SMILES string of the molecule is CC(C)(CN=C(N)Nc1ccc2c(c1)CCC2)c1cccs1.I. The molecule has 0 radical (unpaired) electrons. The summed E-state index contributed by atoms with van der Waals surface area (Å²) in [7, 11) is 0. The minimum atomic E-state index is 0. The van der Waals surface area contributed by atoms with Crippen LogP contribution in [0.5, 0.6) is 0 Å². The number of thiophene rings is 1. The first-order chi connectivity index (χ1) is 10.5. The number of hydrogen-bond acceptors (Lipinski definition) is 2. The molecule has 3 N–H and O–H groups in total. The minimum Gasteiger partial charge on any atom is -0.370 e. The second-order valence-corrected chi connectivity index (χ2v) is 7.47. The molecule has 0 aliphatic heterocycles. The van der Waals surface area contributed by atoms with Gasteiger partial charge in [0.25, 0.3) is 0 Å². The van der Waals surface area contributed by atoms with E-state index >= 15 is 0 Å². The molecule has 0 amide bonds. The maximum atomic E-state index is 6.05. The molecule has 0 fully saturated rings. The van der Waals surface area contributed by atoms with Crippen molar-refractivity contribution in [2.45, 2.75) is 38.5 Å². The molecule has 0 saturated carbocycles. The second kappa shape index (κ2) is 7.66. The number of benzene rings is 1. The first-order valence-corrected chi connectivity index (χ1v) is 8.65. The van der Waals surface area contributed by atoms with Crippen LogP contribution in [0.15, 0.2) is 40.7 Å². The molecule has 0 unspecified atom stereocenters. The molecule has 2 aromatic rings. The van der Waals surface area contributed by atoms with Gasteiger partial charge in [0.05, 0.1) is 6.54 Å². The fraction of sp³-hybridized carbons (Fsp3) is 0.389. The molecule has 0 bridgehead atoms. The van der Waals surface area contributed by atoms with Crippen molar-refractivity contribution in [3.8, 4) is 0 Å². The maximum Gasteiger partial charge on any atom is 0.193 e. The van der Waals surface area contributed by atoms with Crippen molar-refractivity contribution in [2.24, 2.45) is 10.7 Å². The van der Waals surface area contributed by atoms with E-state index in [-0.39, 0.29) is 29.4 Å². The van der Waals surface area contributed by atoms with E-state index < -0.39 is 0 Å². The Kier molecular flexibility index (Phi) is 6.08. The third kappa shape index (κ3) is 4.47. The lowest BCUT2D eigenvalue weighted by Crippen LogP contribution is -2.27. The Labute approximate surface area is 159 Å². The summed E-state index contributed by atoms with van der Waals surface area (Å²) >= 11 is 1.77. The Balaban J connectivity index is 0.00000192. The van der Waals surface area contributed by atoms with Crippen LogP contribution >= 0.6 is 35.3 Å². The Hall–Kier alpha value is -1.08. The predicted octanol–water partition coefficient (Wildman–Crippen LogP) is 4.56. The smallest absolute Gasteiger partial charge is 0.193 e. The number of hydrogen-bond donors (Lipinski definition) is 2. The number of nitrogens with zero attached hydrogens (tertiary/aromatic N) is 1. The summed E-state index contributed by atoms with van der Waals surface area (Å²) in [5.41, 5.74) is 10.0. The maximum absolute atomic E-state index is 6.05. The average Bonchev–Trinajstić information content (AvgIpc) is 3.16. The molecule has 0 atom stereocenters. The Morgan fingerprint density at radius 3 is 2.78 bits per heavy atom. The van der Waals surface area contributed by atoms with Crippen LogP contribution in [0.1, 0.15) is 36.3 Å². The van der Waals surface area contributed by atoms with Gasteiger partial charge in [-0.1, -0.05) is 26.0 Å². The molecule has 3 rings (SSSR count). The van der Waals surface area contributed by atoms with E-state index in [1.807, 2.05) is 0 Å². The van der Waals surface area contributed by atoms with Crippen LogP contribution in [0, 0.1) is 0 Å². The van der Waals surface area contributed by atoms with Crippen LogP contribution in [-0.4, -0.2) is 12.5 Å². The van der Waals surface area contributed by atoms with E-state index in [0.717, 1.165) is 5.69 Å². The molecule has 1 aromatic carbocycles. The van der Waals surface area contributed by atoms with Gasteiger partial charge in [0.15, 0.2) is 5.96 Å². The molecule has 1 heterocycles. The molecule has 0 saturated heterocycles. The summed E-state index contributed by atoms with van der Waals surface area (Å²) in [5.74, 6) is 0.488. The molecule has 5 heteroatoms. The molecule has 1 aromatic heterocycles. The van der Waals surface area contributed by atoms with E-state index in [1.54, 1.807) is 11.3 Å². The number of anilines is 1. The summed E-state index contributed by atoms with van der Waals surface area (Å²) in [6.45, 7) is 5.08. The number of nitrogens with one attached hydrogen (secondary N) is 1. The average molecular weight is 441 g/mol. The highest BCUT2D eigenvalue weighted by atomic mass is 127. The van der Waals surface area contributed by atoms with Gasteiger partial charge in [-0.05, 0) is 54.0 Å². The fourth-order valence-electron chi connectivity index (χ4n) is 2.86. The van der Waals surface area contributed by atoms with Gasteiger partial charge >= 0.3 is 0 Å². The number of guanidine groups is 1. The Morgan fingerprint density at radius 2 is 2.04 bits per heavy atom. The lowest BCUT2D eigenvalue weighted by atomic mass is 9.92. The van der Waals surface area contributed by atoms with Gasteiger partial charge in [-0.3, -0.25) is 4.99 Å². The lowest BCUT2D eigenvalue weighted by Gasteiger charge is -2.21. The van der Waals surface area contributed by atoms with Gasteiger partial charge in [0.2, 0.25) is 0 Å². The molecule has 23 heavy (non-hydrogen) atoms. The van der Waals surface area contributed by atoms with E-state index in [2.05, 4.69) is 59.9 Å². The Bertz CT molecular complexity index is 678. The predicted molar refractivity (Wildman–Crippen MR) is 111 cm³/mol. The molecule has 3 nitrogen and oxygen atoms in total. The zero-order valence-corrected chi connectivity index (χ0v) is 16.8. The number of fused-ring (bicyclic) bond motifs is 1. The molecule has 1 aliphatic carbocycles. The van der Waals surface area contributed by atoms with Crippen molar-refractivity contribution >= 4 is 47.0 Å². The summed E-state index contributed by atoms with van der Waals surface area (Å²) < 4.78 is 0. The third-order valence-corrected chi connectivity index (χ3v) is 5.44. The minimum absolute atomic E-state index is 0. The molecule has 124 valence electrons. The van der Waals surface area contributed by atoms with Crippen LogP contribution in [0.4, 0.5) is 5.69 Å². The molecule has 1 aliphatic rings. The number of aryl methyl sites for hydroxylation is 2. The van der Waals surface area contributed by atoms with E-state index in [0.29, 0.717) is 12.5 Å². The van der Waals surface area contributed by atoms with Gasteiger partial charge in [0.1, 0.15) is 0 Å². The summed E-state index contributed by atoms with van der Waals surface area (Å²) in [6.07, 6.45) is 3.64. The lowest BCUT2D eigenvalue weighted by molar-refractivity contribution is 0.551. The summed E-state index contributed by atoms with van der Waals surface area (Å²) in [4.78, 5) is 5.87. The quantitative estimate of drug-likeness (QED) is 0.415.